The van der Waals surface area contributed by atoms with E-state index in [0.29, 0.717) is 32.2 Å². The summed E-state index contributed by atoms with van der Waals surface area (Å²) in [5.41, 5.74) is 5.39. The molecule has 1 aliphatic heterocycles. The summed E-state index contributed by atoms with van der Waals surface area (Å²) in [5.74, 6) is -1.09. The van der Waals surface area contributed by atoms with Crippen molar-refractivity contribution in [2.45, 2.75) is 56.5 Å². The number of nitrogens with two attached hydrogens (primary N) is 1. The Kier molecular flexibility index (Phi) is 5.83. The largest absolute Gasteiger partial charge is 0.480 e. The molecule has 4 N–H and O–H groups in total. The fourth-order valence-electron chi connectivity index (χ4n) is 2.71. The van der Waals surface area contributed by atoms with Gasteiger partial charge in [0.05, 0.1) is 0 Å². The summed E-state index contributed by atoms with van der Waals surface area (Å²) in [6.45, 7) is 0.641. The molecule has 106 valence electrons. The van der Waals surface area contributed by atoms with Gasteiger partial charge >= 0.3 is 5.97 Å². The maximum atomic E-state index is 12.2. The second-order valence-electron chi connectivity index (χ2n) is 5.17. The van der Waals surface area contributed by atoms with Gasteiger partial charge < -0.3 is 15.7 Å². The van der Waals surface area contributed by atoms with Gasteiger partial charge in [0.25, 0.3) is 0 Å². The molecule has 5 nitrogen and oxygen atoms in total. The second kappa shape index (κ2) is 6.69. The van der Waals surface area contributed by atoms with Crippen LogP contribution in [-0.4, -0.2) is 33.8 Å². The van der Waals surface area contributed by atoms with Crippen molar-refractivity contribution in [2.24, 2.45) is 5.73 Å². The molecule has 0 aromatic heterocycles. The summed E-state index contributed by atoms with van der Waals surface area (Å²) < 4.78 is 12.2. The highest BCUT2D eigenvalue weighted by molar-refractivity contribution is 7.60. The molecule has 0 bridgehead atoms. The second-order valence-corrected chi connectivity index (χ2v) is 7.88. The highest BCUT2D eigenvalue weighted by Gasteiger charge is 2.54. The lowest BCUT2D eigenvalue weighted by molar-refractivity contribution is -0.141. The van der Waals surface area contributed by atoms with Crippen LogP contribution in [0.25, 0.3) is 0 Å². The van der Waals surface area contributed by atoms with Crippen molar-refractivity contribution in [1.82, 2.24) is 0 Å². The first-order valence-corrected chi connectivity index (χ1v) is 8.56. The van der Waals surface area contributed by atoms with Gasteiger partial charge in [-0.1, -0.05) is 25.7 Å². The SMILES string of the molecule is NCCCCCCC1(C(=O)O)CCCCP1(=O)O. The Morgan fingerprint density at radius 3 is 2.44 bits per heavy atom. The Bertz CT molecular complexity index is 334. The van der Waals surface area contributed by atoms with Crippen LogP contribution in [0.1, 0.15) is 51.4 Å². The van der Waals surface area contributed by atoms with Gasteiger partial charge in [0.15, 0.2) is 0 Å². The van der Waals surface area contributed by atoms with Crippen LogP contribution in [0, 0.1) is 0 Å². The van der Waals surface area contributed by atoms with Gasteiger partial charge in [-0.25, -0.2) is 0 Å². The Morgan fingerprint density at radius 1 is 1.22 bits per heavy atom. The van der Waals surface area contributed by atoms with Crippen LogP contribution in [-0.2, 0) is 9.36 Å². The lowest BCUT2D eigenvalue weighted by atomic mass is 9.93. The average molecular weight is 277 g/mol. The van der Waals surface area contributed by atoms with Gasteiger partial charge in [0.2, 0.25) is 7.37 Å². The molecule has 2 atom stereocenters. The Hall–Kier alpha value is -0.380. The third-order valence-corrected chi connectivity index (χ3v) is 6.81. The number of unbranched alkanes of at least 4 members (excludes halogenated alkanes) is 3. The minimum Gasteiger partial charge on any atom is -0.480 e. The smallest absolute Gasteiger partial charge is 0.319 e. The van der Waals surface area contributed by atoms with Crippen molar-refractivity contribution in [3.63, 3.8) is 0 Å². The molecule has 0 spiro atoms. The fourth-order valence-corrected chi connectivity index (χ4v) is 5.10. The number of carbonyl (C=O) groups is 1. The van der Waals surface area contributed by atoms with Gasteiger partial charge in [-0.05, 0) is 32.2 Å². The first kappa shape index (κ1) is 15.7. The molecule has 1 heterocycles. The number of hydrogen-bond acceptors (Lipinski definition) is 3. The summed E-state index contributed by atoms with van der Waals surface area (Å²) in [6, 6.07) is 0. The molecule has 0 saturated carbocycles. The fraction of sp³-hybridized carbons (Fsp3) is 0.917. The number of carboxylic acids is 1. The first-order chi connectivity index (χ1) is 8.46. The Morgan fingerprint density at radius 2 is 1.89 bits per heavy atom. The van der Waals surface area contributed by atoms with Crippen LogP contribution >= 0.6 is 7.37 Å². The van der Waals surface area contributed by atoms with Gasteiger partial charge in [-0.3, -0.25) is 9.36 Å². The summed E-state index contributed by atoms with van der Waals surface area (Å²) >= 11 is 0. The van der Waals surface area contributed by atoms with E-state index in [1.54, 1.807) is 0 Å². The molecule has 1 saturated heterocycles. The van der Waals surface area contributed by atoms with Crippen LogP contribution in [0.3, 0.4) is 0 Å². The first-order valence-electron chi connectivity index (χ1n) is 6.72. The molecule has 0 aromatic rings. The third kappa shape index (κ3) is 3.34. The van der Waals surface area contributed by atoms with E-state index >= 15 is 0 Å². The zero-order valence-corrected chi connectivity index (χ0v) is 11.7. The molecule has 18 heavy (non-hydrogen) atoms. The van der Waals surface area contributed by atoms with E-state index in [4.69, 9.17) is 5.73 Å². The van der Waals surface area contributed by atoms with Crippen LogP contribution in [0.5, 0.6) is 0 Å². The predicted molar refractivity (Wildman–Crippen MR) is 71.0 cm³/mol. The maximum Gasteiger partial charge on any atom is 0.319 e. The van der Waals surface area contributed by atoms with E-state index in [2.05, 4.69) is 0 Å². The molecule has 0 aromatic carbocycles. The third-order valence-electron chi connectivity index (χ3n) is 3.91. The molecule has 0 amide bonds. The van der Waals surface area contributed by atoms with Crippen LogP contribution in [0.15, 0.2) is 0 Å². The van der Waals surface area contributed by atoms with Gasteiger partial charge in [0, 0.05) is 6.16 Å². The van der Waals surface area contributed by atoms with Crippen molar-refractivity contribution >= 4 is 13.3 Å². The quantitative estimate of drug-likeness (QED) is 0.489. The van der Waals surface area contributed by atoms with Gasteiger partial charge in [-0.15, -0.1) is 0 Å². The average Bonchev–Trinajstić information content (AvgIpc) is 2.30. The molecule has 2 unspecified atom stereocenters. The van der Waals surface area contributed by atoms with Gasteiger partial charge in [0.1, 0.15) is 5.16 Å². The lowest BCUT2D eigenvalue weighted by Crippen LogP contribution is -2.41. The molecule has 1 fully saturated rings. The van der Waals surface area contributed by atoms with Crippen molar-refractivity contribution < 1.29 is 19.4 Å². The summed E-state index contributed by atoms with van der Waals surface area (Å²) in [6.07, 6.45) is 5.67. The minimum atomic E-state index is -3.56. The minimum absolute atomic E-state index is 0.155. The van der Waals surface area contributed by atoms with Crippen molar-refractivity contribution in [3.05, 3.63) is 0 Å². The van der Waals surface area contributed by atoms with E-state index in [-0.39, 0.29) is 6.16 Å². The van der Waals surface area contributed by atoms with Crippen molar-refractivity contribution in [3.8, 4) is 0 Å². The number of rotatable bonds is 7. The summed E-state index contributed by atoms with van der Waals surface area (Å²) in [7, 11) is -3.56. The number of aliphatic carboxylic acids is 1. The highest BCUT2D eigenvalue weighted by Crippen LogP contribution is 2.62. The topological polar surface area (TPSA) is 101 Å². The zero-order valence-electron chi connectivity index (χ0n) is 10.8. The number of hydrogen-bond donors (Lipinski definition) is 3. The van der Waals surface area contributed by atoms with E-state index < -0.39 is 18.5 Å². The van der Waals surface area contributed by atoms with Crippen LogP contribution < -0.4 is 5.73 Å². The highest BCUT2D eigenvalue weighted by atomic mass is 31.2. The van der Waals surface area contributed by atoms with E-state index in [1.165, 1.54) is 0 Å². The van der Waals surface area contributed by atoms with Crippen LogP contribution in [0.4, 0.5) is 0 Å². The zero-order chi connectivity index (χ0) is 13.6. The monoisotopic (exact) mass is 277 g/mol. The molecule has 0 radical (unpaired) electrons. The van der Waals surface area contributed by atoms with E-state index in [1.807, 2.05) is 0 Å². The molecule has 1 rings (SSSR count). The Balaban J connectivity index is 2.63. The van der Waals surface area contributed by atoms with Crippen molar-refractivity contribution in [1.29, 1.82) is 0 Å². The predicted octanol–water partition coefficient (Wildman–Crippen LogP) is 2.17. The lowest BCUT2D eigenvalue weighted by Gasteiger charge is -2.37. The van der Waals surface area contributed by atoms with E-state index in [0.717, 1.165) is 25.7 Å². The molecule has 6 heteroatoms. The standard InChI is InChI=1S/C12H24NO4P/c13-9-5-2-1-3-7-12(11(14)15)8-4-6-10-18(12,16)17/h1-10,13H2,(H,14,15)(H,16,17). The van der Waals surface area contributed by atoms with Crippen molar-refractivity contribution in [2.75, 3.05) is 12.7 Å². The molecule has 1 aliphatic rings. The summed E-state index contributed by atoms with van der Waals surface area (Å²) in [4.78, 5) is 21.5. The Labute approximate surface area is 108 Å². The summed E-state index contributed by atoms with van der Waals surface area (Å²) in [5, 5.41) is 7.99. The number of carboxylic acid groups (broad SMARTS) is 1. The molecule has 0 aliphatic carbocycles. The normalized spacial score (nSPS) is 32.3. The maximum absolute atomic E-state index is 12.2. The van der Waals surface area contributed by atoms with Crippen LogP contribution in [0.2, 0.25) is 0 Å². The van der Waals surface area contributed by atoms with Gasteiger partial charge in [-0.2, -0.15) is 0 Å². The molecular weight excluding hydrogens is 253 g/mol. The molecular formula is C12H24NO4P. The van der Waals surface area contributed by atoms with E-state index in [9.17, 15) is 19.4 Å².